The van der Waals surface area contributed by atoms with Crippen LogP contribution in [0.25, 0.3) is 0 Å². The third-order valence-electron chi connectivity index (χ3n) is 2.96. The van der Waals surface area contributed by atoms with E-state index in [1.165, 1.54) is 40.5 Å². The van der Waals surface area contributed by atoms with Gasteiger partial charge < -0.3 is 10.2 Å². The Balaban J connectivity index is 2.00. The van der Waals surface area contributed by atoms with Gasteiger partial charge in [0.1, 0.15) is 12.4 Å². The van der Waals surface area contributed by atoms with Crippen molar-refractivity contribution < 1.29 is 14.0 Å². The molecule has 0 saturated heterocycles. The molecule has 0 fully saturated rings. The third-order valence-corrected chi connectivity index (χ3v) is 3.84. The highest BCUT2D eigenvalue weighted by Gasteiger charge is 2.18. The number of hydrogen-bond donors (Lipinski definition) is 1. The average Bonchev–Trinajstić information content (AvgIpc) is 2.90. The SMILES string of the molecule is CCN(CC(=O)Nc1nc(C)cs1)C(=O)c1ccc(F)cc1. The zero-order valence-electron chi connectivity index (χ0n) is 12.3. The van der Waals surface area contributed by atoms with E-state index >= 15 is 0 Å². The van der Waals surface area contributed by atoms with Gasteiger partial charge in [0.25, 0.3) is 5.91 Å². The number of aryl methyl sites for hydroxylation is 1. The lowest BCUT2D eigenvalue weighted by molar-refractivity contribution is -0.116. The Bertz CT molecular complexity index is 670. The van der Waals surface area contributed by atoms with Crippen molar-refractivity contribution in [3.8, 4) is 0 Å². The smallest absolute Gasteiger partial charge is 0.254 e. The van der Waals surface area contributed by atoms with Gasteiger partial charge in [-0.1, -0.05) is 0 Å². The first-order valence-corrected chi connectivity index (χ1v) is 7.64. The molecule has 0 aliphatic heterocycles. The summed E-state index contributed by atoms with van der Waals surface area (Å²) in [6, 6.07) is 5.25. The maximum atomic E-state index is 12.9. The molecule has 1 N–H and O–H groups in total. The minimum Gasteiger partial charge on any atom is -0.330 e. The second kappa shape index (κ2) is 7.13. The molecule has 0 aliphatic rings. The van der Waals surface area contributed by atoms with E-state index in [0.717, 1.165) is 5.69 Å². The molecule has 7 heteroatoms. The fourth-order valence-corrected chi connectivity index (χ4v) is 2.55. The maximum Gasteiger partial charge on any atom is 0.254 e. The van der Waals surface area contributed by atoms with Crippen LogP contribution in [0.5, 0.6) is 0 Å². The number of anilines is 1. The molecule has 0 aliphatic carbocycles. The fraction of sp³-hybridized carbons (Fsp3) is 0.267. The third kappa shape index (κ3) is 4.11. The minimum absolute atomic E-state index is 0.0780. The van der Waals surface area contributed by atoms with Gasteiger partial charge >= 0.3 is 0 Å². The van der Waals surface area contributed by atoms with Gasteiger partial charge in [-0.15, -0.1) is 11.3 Å². The van der Waals surface area contributed by atoms with E-state index in [9.17, 15) is 14.0 Å². The second-order valence-corrected chi connectivity index (χ2v) is 5.53. The Labute approximate surface area is 131 Å². The topological polar surface area (TPSA) is 62.3 Å². The first-order valence-electron chi connectivity index (χ1n) is 6.76. The molecule has 1 aromatic carbocycles. The summed E-state index contributed by atoms with van der Waals surface area (Å²) in [6.07, 6.45) is 0. The molecular formula is C15H16FN3O2S. The minimum atomic E-state index is -0.406. The van der Waals surface area contributed by atoms with Gasteiger partial charge in [-0.2, -0.15) is 0 Å². The number of nitrogens with one attached hydrogen (secondary N) is 1. The van der Waals surface area contributed by atoms with Crippen LogP contribution in [0.2, 0.25) is 0 Å². The van der Waals surface area contributed by atoms with Crippen molar-refractivity contribution in [2.45, 2.75) is 13.8 Å². The van der Waals surface area contributed by atoms with Crippen LogP contribution in [0.1, 0.15) is 23.0 Å². The van der Waals surface area contributed by atoms with E-state index in [1.807, 2.05) is 12.3 Å². The van der Waals surface area contributed by atoms with Crippen LogP contribution in [0, 0.1) is 12.7 Å². The largest absolute Gasteiger partial charge is 0.330 e. The number of carbonyl (C=O) groups is 2. The Morgan fingerprint density at radius 3 is 2.55 bits per heavy atom. The number of thiazole rings is 1. The van der Waals surface area contributed by atoms with Gasteiger partial charge in [-0.05, 0) is 38.1 Å². The standard InChI is InChI=1S/C15H16FN3O2S/c1-3-19(14(21)11-4-6-12(16)7-5-11)8-13(20)18-15-17-10(2)9-22-15/h4-7,9H,3,8H2,1-2H3,(H,17,18,20). The predicted molar refractivity (Wildman–Crippen MR) is 83.5 cm³/mol. The lowest BCUT2D eigenvalue weighted by atomic mass is 10.2. The first kappa shape index (κ1) is 16.1. The molecule has 2 rings (SSSR count). The summed E-state index contributed by atoms with van der Waals surface area (Å²) in [7, 11) is 0. The molecule has 1 heterocycles. The molecule has 2 aromatic rings. The number of amides is 2. The molecular weight excluding hydrogens is 305 g/mol. The van der Waals surface area contributed by atoms with Crippen LogP contribution < -0.4 is 5.32 Å². The summed E-state index contributed by atoms with van der Waals surface area (Å²) in [5.41, 5.74) is 1.18. The fourth-order valence-electron chi connectivity index (χ4n) is 1.85. The molecule has 0 bridgehead atoms. The average molecular weight is 321 g/mol. The molecule has 2 amide bonds. The van der Waals surface area contributed by atoms with Gasteiger partial charge in [0.05, 0.1) is 5.69 Å². The Kier molecular flexibility index (Phi) is 5.21. The number of nitrogens with zero attached hydrogens (tertiary/aromatic N) is 2. The molecule has 1 aromatic heterocycles. The van der Waals surface area contributed by atoms with Gasteiger partial charge in [0.2, 0.25) is 5.91 Å². The van der Waals surface area contributed by atoms with Gasteiger partial charge in [-0.25, -0.2) is 9.37 Å². The van der Waals surface area contributed by atoms with E-state index in [4.69, 9.17) is 0 Å². The number of hydrogen-bond acceptors (Lipinski definition) is 4. The number of likely N-dealkylation sites (N-methyl/N-ethyl adjacent to an activating group) is 1. The van der Waals surface area contributed by atoms with E-state index in [0.29, 0.717) is 17.2 Å². The zero-order chi connectivity index (χ0) is 16.1. The number of aromatic nitrogens is 1. The van der Waals surface area contributed by atoms with Crippen molar-refractivity contribution in [1.82, 2.24) is 9.88 Å². The van der Waals surface area contributed by atoms with Gasteiger partial charge in [0.15, 0.2) is 5.13 Å². The van der Waals surface area contributed by atoms with Gasteiger partial charge in [0, 0.05) is 17.5 Å². The van der Waals surface area contributed by atoms with Crippen LogP contribution in [-0.2, 0) is 4.79 Å². The van der Waals surface area contributed by atoms with Crippen molar-refractivity contribution >= 4 is 28.3 Å². The second-order valence-electron chi connectivity index (χ2n) is 4.67. The Hall–Kier alpha value is -2.28. The summed E-state index contributed by atoms with van der Waals surface area (Å²) in [4.78, 5) is 29.8. The van der Waals surface area contributed by atoms with Crippen molar-refractivity contribution in [3.05, 3.63) is 46.7 Å². The summed E-state index contributed by atoms with van der Waals surface area (Å²) in [5, 5.41) is 5.00. The van der Waals surface area contributed by atoms with Crippen molar-refractivity contribution in [2.75, 3.05) is 18.4 Å². The summed E-state index contributed by atoms with van der Waals surface area (Å²) < 4.78 is 12.9. The van der Waals surface area contributed by atoms with Crippen molar-refractivity contribution in [1.29, 1.82) is 0 Å². The number of rotatable bonds is 5. The lowest BCUT2D eigenvalue weighted by Crippen LogP contribution is -2.37. The van der Waals surface area contributed by atoms with E-state index in [-0.39, 0.29) is 18.4 Å². The highest BCUT2D eigenvalue weighted by molar-refractivity contribution is 7.13. The highest BCUT2D eigenvalue weighted by Crippen LogP contribution is 2.14. The molecule has 0 unspecified atom stereocenters. The van der Waals surface area contributed by atoms with Crippen LogP contribution in [-0.4, -0.2) is 34.8 Å². The Morgan fingerprint density at radius 2 is 2.00 bits per heavy atom. The molecule has 22 heavy (non-hydrogen) atoms. The summed E-state index contributed by atoms with van der Waals surface area (Å²) in [6.45, 7) is 3.91. The lowest BCUT2D eigenvalue weighted by Gasteiger charge is -2.20. The zero-order valence-corrected chi connectivity index (χ0v) is 13.1. The summed E-state index contributed by atoms with van der Waals surface area (Å²) >= 11 is 1.33. The molecule has 0 atom stereocenters. The number of benzene rings is 1. The van der Waals surface area contributed by atoms with E-state index in [2.05, 4.69) is 10.3 Å². The quantitative estimate of drug-likeness (QED) is 0.921. The Morgan fingerprint density at radius 1 is 1.32 bits per heavy atom. The van der Waals surface area contributed by atoms with Crippen LogP contribution in [0.15, 0.2) is 29.6 Å². The molecule has 0 spiro atoms. The van der Waals surface area contributed by atoms with E-state index in [1.54, 1.807) is 6.92 Å². The van der Waals surface area contributed by atoms with Gasteiger partial charge in [-0.3, -0.25) is 9.59 Å². The molecule has 5 nitrogen and oxygen atoms in total. The molecule has 116 valence electrons. The van der Waals surface area contributed by atoms with Crippen LogP contribution in [0.3, 0.4) is 0 Å². The molecule has 0 radical (unpaired) electrons. The number of carbonyl (C=O) groups excluding carboxylic acids is 2. The predicted octanol–water partition coefficient (Wildman–Crippen LogP) is 2.69. The van der Waals surface area contributed by atoms with Crippen LogP contribution >= 0.6 is 11.3 Å². The highest BCUT2D eigenvalue weighted by atomic mass is 32.1. The monoisotopic (exact) mass is 321 g/mol. The normalized spacial score (nSPS) is 10.3. The van der Waals surface area contributed by atoms with Crippen LogP contribution in [0.4, 0.5) is 9.52 Å². The molecule has 0 saturated carbocycles. The van der Waals surface area contributed by atoms with Crippen molar-refractivity contribution in [2.24, 2.45) is 0 Å². The van der Waals surface area contributed by atoms with E-state index < -0.39 is 5.82 Å². The first-order chi connectivity index (χ1) is 10.5. The maximum absolute atomic E-state index is 12.9. The number of halogens is 1. The van der Waals surface area contributed by atoms with Crippen molar-refractivity contribution in [3.63, 3.8) is 0 Å². The summed E-state index contributed by atoms with van der Waals surface area (Å²) in [5.74, 6) is -1.03.